The van der Waals surface area contributed by atoms with Crippen molar-refractivity contribution >= 4 is 20.3 Å². The van der Waals surface area contributed by atoms with Gasteiger partial charge in [-0.1, -0.05) is 48.6 Å². The second-order valence-corrected chi connectivity index (χ2v) is 12.1. The van der Waals surface area contributed by atoms with Crippen molar-refractivity contribution in [1.82, 2.24) is 4.90 Å². The molecular weight excluding hydrogens is 358 g/mol. The molecule has 2 amide bonds. The summed E-state index contributed by atoms with van der Waals surface area (Å²) >= 11 is 0. The molecule has 1 aliphatic heterocycles. The number of benzene rings is 1. The number of allylic oxidation sites excluding steroid dienone is 1. The minimum Gasteiger partial charge on any atom is -0.447 e. The molecule has 1 saturated heterocycles. The monoisotopic (exact) mass is 387 g/mol. The van der Waals surface area contributed by atoms with E-state index in [4.69, 9.17) is 9.16 Å². The highest BCUT2D eigenvalue weighted by Crippen LogP contribution is 2.25. The molecule has 146 valence electrons. The van der Waals surface area contributed by atoms with E-state index in [2.05, 4.69) is 26.2 Å². The second kappa shape index (κ2) is 9.15. The molecule has 0 unspecified atom stereocenters. The molecule has 3 atom stereocenters. The zero-order valence-corrected chi connectivity index (χ0v) is 17.6. The van der Waals surface area contributed by atoms with Crippen LogP contribution in [0.15, 0.2) is 55.1 Å². The quantitative estimate of drug-likeness (QED) is 0.496. The van der Waals surface area contributed by atoms with Crippen LogP contribution < -0.4 is 0 Å². The van der Waals surface area contributed by atoms with Crippen LogP contribution in [-0.4, -0.2) is 44.0 Å². The lowest BCUT2D eigenvalue weighted by atomic mass is 9.98. The number of cyclic esters (lactones) is 1. The van der Waals surface area contributed by atoms with Crippen LogP contribution in [0, 0.1) is 5.92 Å². The van der Waals surface area contributed by atoms with Gasteiger partial charge >= 0.3 is 6.09 Å². The molecule has 0 radical (unpaired) electrons. The summed E-state index contributed by atoms with van der Waals surface area (Å²) in [6.07, 6.45) is 4.80. The molecule has 0 aliphatic carbocycles. The van der Waals surface area contributed by atoms with Gasteiger partial charge in [0.05, 0.1) is 18.1 Å². The minimum absolute atomic E-state index is 0.201. The lowest BCUT2D eigenvalue weighted by molar-refractivity contribution is -0.133. The molecule has 0 aromatic heterocycles. The summed E-state index contributed by atoms with van der Waals surface area (Å²) in [7, 11) is -1.90. The number of amides is 2. The summed E-state index contributed by atoms with van der Waals surface area (Å²) in [6, 6.07) is 9.45. The summed E-state index contributed by atoms with van der Waals surface area (Å²) < 4.78 is 11.4. The zero-order chi connectivity index (χ0) is 20.0. The Morgan fingerprint density at radius 1 is 1.37 bits per heavy atom. The maximum atomic E-state index is 13.2. The number of hydrogen-bond acceptors (Lipinski definition) is 4. The average Bonchev–Trinajstić information content (AvgIpc) is 2.95. The summed E-state index contributed by atoms with van der Waals surface area (Å²) in [5.41, 5.74) is 1.05. The number of nitrogens with zero attached hydrogens (tertiary/aromatic N) is 1. The molecule has 27 heavy (non-hydrogen) atoms. The van der Waals surface area contributed by atoms with E-state index in [-0.39, 0.29) is 18.6 Å². The van der Waals surface area contributed by atoms with Gasteiger partial charge < -0.3 is 9.16 Å². The SMILES string of the molecule is C=C[C@H](C(=O)N1C(=O)OC[C@@H]1Cc1ccccc1)[C@@H](/C=C/C)O[Si](C)(C)C. The Morgan fingerprint density at radius 2 is 2.04 bits per heavy atom. The first-order valence-corrected chi connectivity index (χ1v) is 12.6. The van der Waals surface area contributed by atoms with E-state index < -0.39 is 26.4 Å². The van der Waals surface area contributed by atoms with Gasteiger partial charge in [-0.3, -0.25) is 4.79 Å². The van der Waals surface area contributed by atoms with Crippen LogP contribution >= 0.6 is 0 Å². The Balaban J connectivity index is 2.24. The predicted octanol–water partition coefficient (Wildman–Crippen LogP) is 4.17. The van der Waals surface area contributed by atoms with Gasteiger partial charge in [0, 0.05) is 0 Å². The van der Waals surface area contributed by atoms with Gasteiger partial charge in [-0.15, -0.1) is 6.58 Å². The molecule has 0 spiro atoms. The van der Waals surface area contributed by atoms with Gasteiger partial charge in [-0.2, -0.15) is 0 Å². The van der Waals surface area contributed by atoms with E-state index in [1.165, 1.54) is 4.90 Å². The third-order valence-corrected chi connectivity index (χ3v) is 5.26. The van der Waals surface area contributed by atoms with E-state index in [9.17, 15) is 9.59 Å². The number of ether oxygens (including phenoxy) is 1. The third kappa shape index (κ3) is 5.64. The number of imide groups is 1. The molecule has 5 nitrogen and oxygen atoms in total. The molecule has 0 bridgehead atoms. The third-order valence-electron chi connectivity index (χ3n) is 4.28. The standard InChI is InChI=1S/C21H29NO4Si/c1-6-11-19(26-27(3,4)5)18(7-2)20(23)22-17(15-25-21(22)24)14-16-12-9-8-10-13-16/h6-13,17-19H,2,14-15H2,1,3-5H3/b11-6+/t17-,18-,19+/m0/s1. The number of rotatable bonds is 8. The average molecular weight is 388 g/mol. The van der Waals surface area contributed by atoms with Gasteiger partial charge in [-0.25, -0.2) is 9.69 Å². The number of hydrogen-bond donors (Lipinski definition) is 0. The maximum Gasteiger partial charge on any atom is 0.417 e. The summed E-state index contributed by atoms with van der Waals surface area (Å²) in [4.78, 5) is 26.8. The van der Waals surface area contributed by atoms with E-state index in [0.717, 1.165) is 5.56 Å². The normalized spacial score (nSPS) is 19.8. The van der Waals surface area contributed by atoms with E-state index in [1.54, 1.807) is 6.08 Å². The summed E-state index contributed by atoms with van der Waals surface area (Å²) in [5.74, 6) is -0.966. The van der Waals surface area contributed by atoms with Gasteiger partial charge in [0.15, 0.2) is 8.32 Å². The lowest BCUT2D eigenvalue weighted by Gasteiger charge is -2.31. The molecule has 1 aliphatic rings. The van der Waals surface area contributed by atoms with Crippen LogP contribution in [0.5, 0.6) is 0 Å². The fourth-order valence-electron chi connectivity index (χ4n) is 3.13. The van der Waals surface area contributed by atoms with Crippen molar-refractivity contribution in [2.24, 2.45) is 5.92 Å². The van der Waals surface area contributed by atoms with Gasteiger partial charge in [0.2, 0.25) is 5.91 Å². The first kappa shape index (κ1) is 21.1. The van der Waals surface area contributed by atoms with E-state index in [1.807, 2.05) is 49.4 Å². The summed E-state index contributed by atoms with van der Waals surface area (Å²) in [6.45, 7) is 12.1. The van der Waals surface area contributed by atoms with Gasteiger partial charge in [0.25, 0.3) is 0 Å². The maximum absolute atomic E-state index is 13.2. The molecular formula is C21H29NO4Si. The Labute approximate surface area is 162 Å². The molecule has 6 heteroatoms. The largest absolute Gasteiger partial charge is 0.447 e. The highest BCUT2D eigenvalue weighted by Gasteiger charge is 2.42. The molecule has 2 rings (SSSR count). The van der Waals surface area contributed by atoms with Crippen molar-refractivity contribution in [3.05, 3.63) is 60.7 Å². The fourth-order valence-corrected chi connectivity index (χ4v) is 4.17. The molecule has 1 fully saturated rings. The second-order valence-electron chi connectivity index (χ2n) is 7.61. The smallest absolute Gasteiger partial charge is 0.417 e. The Bertz CT molecular complexity index is 696. The summed E-state index contributed by atoms with van der Waals surface area (Å²) in [5, 5.41) is 0. The van der Waals surface area contributed by atoms with Crippen molar-refractivity contribution in [1.29, 1.82) is 0 Å². The minimum atomic E-state index is -1.90. The predicted molar refractivity (Wildman–Crippen MR) is 109 cm³/mol. The fraction of sp³-hybridized carbons (Fsp3) is 0.429. The van der Waals surface area contributed by atoms with E-state index in [0.29, 0.717) is 6.42 Å². The van der Waals surface area contributed by atoms with Gasteiger partial charge in [0.1, 0.15) is 6.61 Å². The Kier molecular flexibility index (Phi) is 7.16. The lowest BCUT2D eigenvalue weighted by Crippen LogP contribution is -2.47. The van der Waals surface area contributed by atoms with Crippen molar-refractivity contribution in [2.45, 2.75) is 45.1 Å². The topological polar surface area (TPSA) is 55.8 Å². The highest BCUT2D eigenvalue weighted by atomic mass is 28.4. The van der Waals surface area contributed by atoms with Crippen LogP contribution in [0.3, 0.4) is 0 Å². The number of carbonyl (C=O) groups is 2. The van der Waals surface area contributed by atoms with Crippen LogP contribution in [0.25, 0.3) is 0 Å². The molecule has 1 aromatic carbocycles. The molecule has 1 aromatic rings. The van der Waals surface area contributed by atoms with E-state index >= 15 is 0 Å². The Morgan fingerprint density at radius 3 is 2.59 bits per heavy atom. The first-order chi connectivity index (χ1) is 12.8. The van der Waals surface area contributed by atoms with Crippen molar-refractivity contribution in [3.8, 4) is 0 Å². The molecule has 1 heterocycles. The highest BCUT2D eigenvalue weighted by molar-refractivity contribution is 6.69. The van der Waals surface area contributed by atoms with Crippen LogP contribution in [0.1, 0.15) is 12.5 Å². The molecule has 0 saturated carbocycles. The van der Waals surface area contributed by atoms with Crippen LogP contribution in [0.4, 0.5) is 4.79 Å². The van der Waals surface area contributed by atoms with Crippen LogP contribution in [0.2, 0.25) is 19.6 Å². The number of carbonyl (C=O) groups excluding carboxylic acids is 2. The van der Waals surface area contributed by atoms with Crippen molar-refractivity contribution in [2.75, 3.05) is 6.61 Å². The van der Waals surface area contributed by atoms with Crippen molar-refractivity contribution < 1.29 is 18.8 Å². The van der Waals surface area contributed by atoms with Gasteiger partial charge in [-0.05, 0) is 38.5 Å². The zero-order valence-electron chi connectivity index (χ0n) is 16.6. The first-order valence-electron chi connectivity index (χ1n) is 9.23. The molecule has 0 N–H and O–H groups in total. The van der Waals surface area contributed by atoms with Crippen molar-refractivity contribution in [3.63, 3.8) is 0 Å². The Hall–Kier alpha value is -2.18. The van der Waals surface area contributed by atoms with Crippen LogP contribution in [-0.2, 0) is 20.4 Å².